The summed E-state index contributed by atoms with van der Waals surface area (Å²) in [6.07, 6.45) is -0.478. The van der Waals surface area contributed by atoms with Crippen LogP contribution in [0.2, 0.25) is 0 Å². The van der Waals surface area contributed by atoms with Gasteiger partial charge in [0.25, 0.3) is 0 Å². The number of fused-ring (bicyclic) bond motifs is 2. The molecule has 0 saturated carbocycles. The number of ether oxygens (including phenoxy) is 3. The smallest absolute Gasteiger partial charge is 0.313 e. The number of ketones is 1. The van der Waals surface area contributed by atoms with Crippen molar-refractivity contribution >= 4 is 23.5 Å². The van der Waals surface area contributed by atoms with E-state index >= 15 is 0 Å². The molecule has 4 rings (SSSR count). The lowest BCUT2D eigenvalue weighted by Crippen LogP contribution is -2.23. The fourth-order valence-corrected chi connectivity index (χ4v) is 4.50. The average molecular weight is 398 g/mol. The highest BCUT2D eigenvalue weighted by Gasteiger charge is 2.27. The third-order valence-corrected chi connectivity index (χ3v) is 6.17. The van der Waals surface area contributed by atoms with Crippen molar-refractivity contribution in [2.45, 2.75) is 42.8 Å². The van der Waals surface area contributed by atoms with E-state index in [0.29, 0.717) is 12.2 Å². The van der Waals surface area contributed by atoms with Gasteiger partial charge in [-0.2, -0.15) is 0 Å². The quantitative estimate of drug-likeness (QED) is 0.727. The van der Waals surface area contributed by atoms with E-state index in [1.165, 1.54) is 0 Å². The van der Waals surface area contributed by atoms with Gasteiger partial charge in [-0.05, 0) is 37.1 Å². The van der Waals surface area contributed by atoms with Crippen LogP contribution in [0, 0.1) is 0 Å². The Labute approximate surface area is 168 Å². The number of thioether (sulfide) groups is 1. The van der Waals surface area contributed by atoms with Crippen LogP contribution in [0.4, 0.5) is 0 Å². The van der Waals surface area contributed by atoms with E-state index in [4.69, 9.17) is 14.2 Å². The molecule has 2 aromatic rings. The van der Waals surface area contributed by atoms with Crippen LogP contribution in [0.25, 0.3) is 0 Å². The number of rotatable bonds is 4. The number of esters is 1. The van der Waals surface area contributed by atoms with Crippen LogP contribution in [-0.4, -0.2) is 37.4 Å². The van der Waals surface area contributed by atoms with Gasteiger partial charge < -0.3 is 14.2 Å². The lowest BCUT2D eigenvalue weighted by Gasteiger charge is -2.15. The lowest BCUT2D eigenvalue weighted by atomic mass is 9.95. The second-order valence-corrected chi connectivity index (χ2v) is 8.06. The van der Waals surface area contributed by atoms with Gasteiger partial charge in [0.15, 0.2) is 12.1 Å². The van der Waals surface area contributed by atoms with Crippen LogP contribution in [0.1, 0.15) is 46.8 Å². The van der Waals surface area contributed by atoms with E-state index in [-0.39, 0.29) is 30.8 Å². The monoisotopic (exact) mass is 398 g/mol. The molecule has 2 aliphatic rings. The van der Waals surface area contributed by atoms with Gasteiger partial charge in [-0.15, -0.1) is 11.8 Å². The minimum absolute atomic E-state index is 0.0323. The molecule has 1 fully saturated rings. The van der Waals surface area contributed by atoms with Gasteiger partial charge in [0, 0.05) is 21.8 Å². The molecule has 0 aromatic heterocycles. The van der Waals surface area contributed by atoms with Crippen LogP contribution in [0.5, 0.6) is 0 Å². The molecule has 0 N–H and O–H groups in total. The molecule has 2 heterocycles. The summed E-state index contributed by atoms with van der Waals surface area (Å²) in [6.45, 7) is 4.25. The molecule has 28 heavy (non-hydrogen) atoms. The Bertz CT molecular complexity index is 910. The number of carbonyl (C=O) groups excluding carboxylic acids is 2. The van der Waals surface area contributed by atoms with Gasteiger partial charge in [-0.25, -0.2) is 0 Å². The number of hydrogen-bond donors (Lipinski definition) is 0. The first-order valence-electron chi connectivity index (χ1n) is 9.36. The molecule has 0 spiro atoms. The summed E-state index contributed by atoms with van der Waals surface area (Å²) in [4.78, 5) is 26.3. The molecule has 0 amide bonds. The van der Waals surface area contributed by atoms with Crippen molar-refractivity contribution in [2.24, 2.45) is 0 Å². The second-order valence-electron chi connectivity index (χ2n) is 7.04. The second kappa shape index (κ2) is 8.07. The predicted octanol–water partition coefficient (Wildman–Crippen LogP) is 3.93. The van der Waals surface area contributed by atoms with Gasteiger partial charge >= 0.3 is 5.97 Å². The van der Waals surface area contributed by atoms with E-state index < -0.39 is 5.92 Å². The molecular weight excluding hydrogens is 376 g/mol. The fourth-order valence-electron chi connectivity index (χ4n) is 3.40. The van der Waals surface area contributed by atoms with Crippen LogP contribution in [0.15, 0.2) is 47.4 Å². The van der Waals surface area contributed by atoms with Crippen molar-refractivity contribution in [3.8, 4) is 0 Å². The van der Waals surface area contributed by atoms with Crippen molar-refractivity contribution in [3.63, 3.8) is 0 Å². The van der Waals surface area contributed by atoms with Gasteiger partial charge in [-0.1, -0.05) is 30.3 Å². The lowest BCUT2D eigenvalue weighted by molar-refractivity contribution is -0.149. The maximum atomic E-state index is 12.9. The van der Waals surface area contributed by atoms with Gasteiger partial charge in [-0.3, -0.25) is 9.59 Å². The number of hydrogen-bond acceptors (Lipinski definition) is 6. The topological polar surface area (TPSA) is 61.8 Å². The summed E-state index contributed by atoms with van der Waals surface area (Å²) in [5.41, 5.74) is 3.31. The highest BCUT2D eigenvalue weighted by Crippen LogP contribution is 2.35. The molecule has 3 unspecified atom stereocenters. The van der Waals surface area contributed by atoms with Crippen LogP contribution >= 0.6 is 11.8 Å². The summed E-state index contributed by atoms with van der Waals surface area (Å²) >= 11 is 1.62. The normalized spacial score (nSPS) is 22.1. The Morgan fingerprint density at radius 1 is 1.25 bits per heavy atom. The summed E-state index contributed by atoms with van der Waals surface area (Å²) in [5.74, 6) is 0.0293. The average Bonchev–Trinajstić information content (AvgIpc) is 3.08. The third kappa shape index (κ3) is 3.85. The largest absolute Gasteiger partial charge is 0.462 e. The Morgan fingerprint density at radius 3 is 2.86 bits per heavy atom. The summed E-state index contributed by atoms with van der Waals surface area (Å²) < 4.78 is 16.2. The zero-order valence-corrected chi connectivity index (χ0v) is 16.7. The first-order valence-corrected chi connectivity index (χ1v) is 10.3. The first-order chi connectivity index (χ1) is 13.5. The number of benzene rings is 2. The molecule has 3 atom stereocenters. The Kier molecular flexibility index (Phi) is 5.53. The van der Waals surface area contributed by atoms with Crippen molar-refractivity contribution < 1.29 is 23.8 Å². The Balaban J connectivity index is 1.48. The highest BCUT2D eigenvalue weighted by atomic mass is 32.2. The summed E-state index contributed by atoms with van der Waals surface area (Å²) in [6, 6.07) is 13.3. The summed E-state index contributed by atoms with van der Waals surface area (Å²) in [7, 11) is 0. The van der Waals surface area contributed by atoms with Crippen LogP contribution < -0.4 is 0 Å². The van der Waals surface area contributed by atoms with E-state index in [9.17, 15) is 9.59 Å². The van der Waals surface area contributed by atoms with Crippen molar-refractivity contribution in [1.29, 1.82) is 0 Å². The highest BCUT2D eigenvalue weighted by molar-refractivity contribution is 7.98. The van der Waals surface area contributed by atoms with E-state index in [1.54, 1.807) is 11.8 Å². The molecule has 5 nitrogen and oxygen atoms in total. The van der Waals surface area contributed by atoms with Crippen molar-refractivity contribution in [2.75, 3.05) is 13.2 Å². The van der Waals surface area contributed by atoms with Gasteiger partial charge in [0.1, 0.15) is 12.7 Å². The Morgan fingerprint density at radius 2 is 2.07 bits per heavy atom. The van der Waals surface area contributed by atoms with Crippen molar-refractivity contribution in [1.82, 2.24) is 0 Å². The molecule has 0 radical (unpaired) electrons. The molecule has 146 valence electrons. The molecule has 1 saturated heterocycles. The molecule has 0 aliphatic carbocycles. The first kappa shape index (κ1) is 19.2. The van der Waals surface area contributed by atoms with E-state index in [2.05, 4.69) is 0 Å². The minimum atomic E-state index is -0.425. The molecule has 6 heteroatoms. The van der Waals surface area contributed by atoms with E-state index in [1.807, 2.05) is 56.3 Å². The predicted molar refractivity (Wildman–Crippen MR) is 106 cm³/mol. The minimum Gasteiger partial charge on any atom is -0.462 e. The maximum Gasteiger partial charge on any atom is 0.313 e. The zero-order valence-electron chi connectivity index (χ0n) is 15.8. The van der Waals surface area contributed by atoms with Crippen LogP contribution in [-0.2, 0) is 24.8 Å². The van der Waals surface area contributed by atoms with Gasteiger partial charge in [0.2, 0.25) is 0 Å². The van der Waals surface area contributed by atoms with Crippen molar-refractivity contribution in [3.05, 3.63) is 64.7 Å². The molecular formula is C22H22O5S. The SMILES string of the molecule is CC1OCC(COC(=O)C(C)c2ccc3c(c2)SCc2ccccc2C3=O)O1. The fraction of sp³-hybridized carbons (Fsp3) is 0.364. The number of carbonyl (C=O) groups is 2. The van der Waals surface area contributed by atoms with E-state index in [0.717, 1.165) is 27.3 Å². The standard InChI is InChI=1S/C22H22O5S/c1-13(22(24)26-11-17-10-25-14(2)27-17)15-7-8-19-20(9-15)28-12-16-5-3-4-6-18(16)21(19)23/h3-9,13-14,17H,10-12H2,1-2H3. The molecule has 2 aromatic carbocycles. The Hall–Kier alpha value is -2.15. The zero-order chi connectivity index (χ0) is 19.7. The van der Waals surface area contributed by atoms with Crippen LogP contribution in [0.3, 0.4) is 0 Å². The molecule has 2 aliphatic heterocycles. The van der Waals surface area contributed by atoms with Gasteiger partial charge in [0.05, 0.1) is 12.5 Å². The third-order valence-electron chi connectivity index (χ3n) is 5.06. The molecule has 0 bridgehead atoms. The maximum absolute atomic E-state index is 12.9. The summed E-state index contributed by atoms with van der Waals surface area (Å²) in [5, 5.41) is 0.